The van der Waals surface area contributed by atoms with Gasteiger partial charge in [-0.3, -0.25) is 10.1 Å². The maximum atomic E-state index is 12.9. The number of nitrogens with zero attached hydrogens (tertiary/aromatic N) is 1. The second kappa shape index (κ2) is 5.83. The first-order valence-corrected chi connectivity index (χ1v) is 6.75. The standard InChI is InChI=1S/C14H14FN3OS/c1-8(2)7-11(19)17-14-18-12(13(16)20-14)9-3-5-10(15)6-4-9/h3-7H,16H2,1-2H3,(H,17,18,19). The molecule has 2 rings (SSSR count). The number of nitrogen functional groups attached to an aromatic ring is 1. The molecular formula is C14H14FN3OS. The summed E-state index contributed by atoms with van der Waals surface area (Å²) in [5.41, 5.74) is 8.03. The fourth-order valence-corrected chi connectivity index (χ4v) is 2.36. The van der Waals surface area contributed by atoms with Crippen LogP contribution >= 0.6 is 11.3 Å². The summed E-state index contributed by atoms with van der Waals surface area (Å²) < 4.78 is 12.9. The SMILES string of the molecule is CC(C)=CC(=O)Nc1nc(-c2ccc(F)cc2)c(N)s1. The van der Waals surface area contributed by atoms with Gasteiger partial charge in [0.2, 0.25) is 5.91 Å². The lowest BCUT2D eigenvalue weighted by molar-refractivity contribution is -0.111. The molecule has 0 saturated heterocycles. The van der Waals surface area contributed by atoms with Gasteiger partial charge in [-0.1, -0.05) is 16.9 Å². The molecule has 1 aromatic heterocycles. The van der Waals surface area contributed by atoms with Gasteiger partial charge in [0.1, 0.15) is 16.5 Å². The van der Waals surface area contributed by atoms with Gasteiger partial charge in [-0.15, -0.1) is 0 Å². The van der Waals surface area contributed by atoms with Crippen LogP contribution in [0.25, 0.3) is 11.3 Å². The van der Waals surface area contributed by atoms with Crippen molar-refractivity contribution in [3.8, 4) is 11.3 Å². The molecule has 20 heavy (non-hydrogen) atoms. The maximum absolute atomic E-state index is 12.9. The first-order chi connectivity index (χ1) is 9.45. The van der Waals surface area contributed by atoms with E-state index in [9.17, 15) is 9.18 Å². The molecule has 0 atom stereocenters. The van der Waals surface area contributed by atoms with Gasteiger partial charge in [0.25, 0.3) is 0 Å². The van der Waals surface area contributed by atoms with E-state index < -0.39 is 0 Å². The molecule has 0 fully saturated rings. The molecule has 3 N–H and O–H groups in total. The van der Waals surface area contributed by atoms with E-state index in [0.29, 0.717) is 21.4 Å². The van der Waals surface area contributed by atoms with Gasteiger partial charge < -0.3 is 5.73 Å². The molecule has 0 bridgehead atoms. The first-order valence-electron chi connectivity index (χ1n) is 5.94. The van der Waals surface area contributed by atoms with E-state index in [1.54, 1.807) is 12.1 Å². The van der Waals surface area contributed by atoms with Crippen LogP contribution in [0, 0.1) is 5.82 Å². The maximum Gasteiger partial charge on any atom is 0.250 e. The minimum atomic E-state index is -0.320. The summed E-state index contributed by atoms with van der Waals surface area (Å²) in [5.74, 6) is -0.566. The smallest absolute Gasteiger partial charge is 0.250 e. The predicted molar refractivity (Wildman–Crippen MR) is 80.0 cm³/mol. The molecule has 2 aromatic rings. The van der Waals surface area contributed by atoms with Crippen molar-refractivity contribution in [1.82, 2.24) is 4.98 Å². The van der Waals surface area contributed by atoms with E-state index in [1.807, 2.05) is 13.8 Å². The zero-order valence-electron chi connectivity index (χ0n) is 11.1. The Morgan fingerprint density at radius 1 is 1.35 bits per heavy atom. The molecule has 4 nitrogen and oxygen atoms in total. The second-order valence-electron chi connectivity index (χ2n) is 4.45. The topological polar surface area (TPSA) is 68.0 Å². The summed E-state index contributed by atoms with van der Waals surface area (Å²) >= 11 is 1.18. The number of aromatic nitrogens is 1. The van der Waals surface area contributed by atoms with Crippen LogP contribution in [0.5, 0.6) is 0 Å². The normalized spacial score (nSPS) is 10.2. The number of nitrogens with one attached hydrogen (secondary N) is 1. The lowest BCUT2D eigenvalue weighted by Gasteiger charge is -1.98. The third kappa shape index (κ3) is 3.42. The minimum Gasteiger partial charge on any atom is -0.389 e. The molecule has 0 aliphatic carbocycles. The number of carbonyl (C=O) groups is 1. The van der Waals surface area contributed by atoms with Gasteiger partial charge in [-0.25, -0.2) is 9.37 Å². The summed E-state index contributed by atoms with van der Waals surface area (Å²) in [4.78, 5) is 15.9. The molecule has 0 unspecified atom stereocenters. The highest BCUT2D eigenvalue weighted by Gasteiger charge is 2.12. The van der Waals surface area contributed by atoms with Gasteiger partial charge in [-0.05, 0) is 38.1 Å². The Labute approximate surface area is 120 Å². The number of halogens is 1. The third-order valence-corrected chi connectivity index (χ3v) is 3.22. The minimum absolute atomic E-state index is 0.246. The van der Waals surface area contributed by atoms with Gasteiger partial charge in [0, 0.05) is 11.6 Å². The zero-order chi connectivity index (χ0) is 14.7. The third-order valence-electron chi connectivity index (χ3n) is 2.42. The van der Waals surface area contributed by atoms with Crippen molar-refractivity contribution < 1.29 is 9.18 Å². The monoisotopic (exact) mass is 291 g/mol. The van der Waals surface area contributed by atoms with Crippen LogP contribution in [0.1, 0.15) is 13.8 Å². The average molecular weight is 291 g/mol. The Morgan fingerprint density at radius 3 is 2.60 bits per heavy atom. The highest BCUT2D eigenvalue weighted by Crippen LogP contribution is 2.33. The molecule has 104 valence electrons. The van der Waals surface area contributed by atoms with Crippen molar-refractivity contribution in [3.63, 3.8) is 0 Å². The van der Waals surface area contributed by atoms with Gasteiger partial charge in [0.15, 0.2) is 5.13 Å². The van der Waals surface area contributed by atoms with Crippen molar-refractivity contribution in [2.45, 2.75) is 13.8 Å². The Balaban J connectivity index is 2.24. The van der Waals surface area contributed by atoms with E-state index in [-0.39, 0.29) is 11.7 Å². The fourth-order valence-electron chi connectivity index (χ4n) is 1.60. The number of rotatable bonds is 3. The highest BCUT2D eigenvalue weighted by molar-refractivity contribution is 7.20. The Hall–Kier alpha value is -2.21. The molecule has 0 aliphatic rings. The van der Waals surface area contributed by atoms with Crippen LogP contribution in [0.15, 0.2) is 35.9 Å². The Bertz CT molecular complexity index is 658. The molecule has 0 radical (unpaired) electrons. The van der Waals surface area contributed by atoms with Crippen LogP contribution in [0.4, 0.5) is 14.5 Å². The van der Waals surface area contributed by atoms with E-state index in [2.05, 4.69) is 10.3 Å². The second-order valence-corrected chi connectivity index (χ2v) is 5.48. The van der Waals surface area contributed by atoms with Crippen molar-refractivity contribution in [1.29, 1.82) is 0 Å². The largest absolute Gasteiger partial charge is 0.389 e. The number of carbonyl (C=O) groups excluding carboxylic acids is 1. The number of nitrogens with two attached hydrogens (primary N) is 1. The molecule has 1 amide bonds. The van der Waals surface area contributed by atoms with E-state index >= 15 is 0 Å². The predicted octanol–water partition coefficient (Wildman–Crippen LogP) is 3.44. The number of hydrogen-bond acceptors (Lipinski definition) is 4. The van der Waals surface area contributed by atoms with Gasteiger partial charge >= 0.3 is 0 Å². The molecule has 0 spiro atoms. The number of allylic oxidation sites excluding steroid dienone is 1. The number of hydrogen-bond donors (Lipinski definition) is 2. The summed E-state index contributed by atoms with van der Waals surface area (Å²) in [6.45, 7) is 3.67. The van der Waals surface area contributed by atoms with Crippen molar-refractivity contribution in [3.05, 3.63) is 41.7 Å². The van der Waals surface area contributed by atoms with Gasteiger partial charge in [0.05, 0.1) is 0 Å². The summed E-state index contributed by atoms with van der Waals surface area (Å²) in [7, 11) is 0. The molecular weight excluding hydrogens is 277 g/mol. The number of anilines is 2. The average Bonchev–Trinajstić information content (AvgIpc) is 2.70. The van der Waals surface area contributed by atoms with Crippen LogP contribution < -0.4 is 11.1 Å². The van der Waals surface area contributed by atoms with Crippen molar-refractivity contribution in [2.75, 3.05) is 11.1 Å². The van der Waals surface area contributed by atoms with E-state index in [0.717, 1.165) is 5.57 Å². The lowest BCUT2D eigenvalue weighted by Crippen LogP contribution is -2.07. The molecule has 0 saturated carbocycles. The number of benzene rings is 1. The Kier molecular flexibility index (Phi) is 4.14. The molecule has 6 heteroatoms. The van der Waals surface area contributed by atoms with E-state index in [4.69, 9.17) is 5.73 Å². The lowest BCUT2D eigenvalue weighted by atomic mass is 10.1. The molecule has 1 aromatic carbocycles. The zero-order valence-corrected chi connectivity index (χ0v) is 11.9. The van der Waals surface area contributed by atoms with Crippen LogP contribution in [-0.2, 0) is 4.79 Å². The Morgan fingerprint density at radius 2 is 2.00 bits per heavy atom. The van der Waals surface area contributed by atoms with Crippen molar-refractivity contribution in [2.24, 2.45) is 0 Å². The fraction of sp³-hybridized carbons (Fsp3) is 0.143. The first kappa shape index (κ1) is 14.2. The molecule has 1 heterocycles. The highest BCUT2D eigenvalue weighted by atomic mass is 32.1. The van der Waals surface area contributed by atoms with Crippen LogP contribution in [-0.4, -0.2) is 10.9 Å². The summed E-state index contributed by atoms with van der Waals surface area (Å²) in [6, 6.07) is 5.88. The van der Waals surface area contributed by atoms with Crippen LogP contribution in [0.3, 0.4) is 0 Å². The quantitative estimate of drug-likeness (QED) is 0.851. The van der Waals surface area contributed by atoms with E-state index in [1.165, 1.54) is 29.5 Å². The summed E-state index contributed by atoms with van der Waals surface area (Å²) in [5, 5.41) is 3.55. The number of amides is 1. The molecule has 0 aliphatic heterocycles. The summed E-state index contributed by atoms with van der Waals surface area (Å²) in [6.07, 6.45) is 1.48. The van der Waals surface area contributed by atoms with Gasteiger partial charge in [-0.2, -0.15) is 0 Å². The van der Waals surface area contributed by atoms with Crippen LogP contribution in [0.2, 0.25) is 0 Å². The van der Waals surface area contributed by atoms with Crippen molar-refractivity contribution >= 4 is 27.4 Å². The number of thiazole rings is 1.